The Hall–Kier alpha value is -1.56. The Bertz CT molecular complexity index is 518. The number of nitrogens with one attached hydrogen (secondary N) is 1. The molecular formula is C11H12BrN3O2. The molecule has 0 spiro atoms. The van der Waals surface area contributed by atoms with E-state index in [9.17, 15) is 4.79 Å². The summed E-state index contributed by atoms with van der Waals surface area (Å²) >= 11 is 3.15. The largest absolute Gasteiger partial charge is 0.444 e. The fourth-order valence-electron chi connectivity index (χ4n) is 1.41. The fraction of sp³-hybridized carbons (Fsp3) is 0.273. The van der Waals surface area contributed by atoms with E-state index in [4.69, 9.17) is 4.42 Å². The van der Waals surface area contributed by atoms with Crippen LogP contribution >= 0.6 is 15.9 Å². The van der Waals surface area contributed by atoms with E-state index >= 15 is 0 Å². The van der Waals surface area contributed by atoms with Gasteiger partial charge in [-0.3, -0.25) is 9.48 Å². The van der Waals surface area contributed by atoms with Crippen molar-refractivity contribution >= 4 is 27.5 Å². The Morgan fingerprint density at radius 1 is 1.59 bits per heavy atom. The number of halogens is 1. The third-order valence-corrected chi connectivity index (χ3v) is 2.57. The Labute approximate surface area is 107 Å². The van der Waals surface area contributed by atoms with Crippen molar-refractivity contribution in [2.45, 2.75) is 19.9 Å². The second-order valence-electron chi connectivity index (χ2n) is 3.55. The lowest BCUT2D eigenvalue weighted by Gasteiger charge is -1.98. The number of hydrogen-bond acceptors (Lipinski definition) is 3. The van der Waals surface area contributed by atoms with Gasteiger partial charge in [-0.1, -0.05) is 6.92 Å². The van der Waals surface area contributed by atoms with Gasteiger partial charge in [-0.05, 0) is 34.5 Å². The fourth-order valence-corrected chi connectivity index (χ4v) is 1.72. The third-order valence-electron chi connectivity index (χ3n) is 2.14. The van der Waals surface area contributed by atoms with Gasteiger partial charge in [-0.2, -0.15) is 5.10 Å². The SMILES string of the molecule is CCCn1cc(NC(=O)c2ccc(Br)o2)cn1. The first kappa shape index (κ1) is 11.9. The van der Waals surface area contributed by atoms with Crippen LogP contribution in [0.1, 0.15) is 23.9 Å². The molecule has 0 aromatic carbocycles. The van der Waals surface area contributed by atoms with Crippen molar-refractivity contribution in [2.24, 2.45) is 0 Å². The molecule has 2 heterocycles. The van der Waals surface area contributed by atoms with Crippen LogP contribution in [0.2, 0.25) is 0 Å². The quantitative estimate of drug-likeness (QED) is 0.944. The molecule has 6 heteroatoms. The zero-order chi connectivity index (χ0) is 12.3. The highest BCUT2D eigenvalue weighted by Gasteiger charge is 2.11. The molecule has 1 N–H and O–H groups in total. The number of rotatable bonds is 4. The van der Waals surface area contributed by atoms with E-state index in [-0.39, 0.29) is 11.7 Å². The number of amides is 1. The van der Waals surface area contributed by atoms with Crippen LogP contribution < -0.4 is 5.32 Å². The molecule has 0 aliphatic rings. The van der Waals surface area contributed by atoms with Gasteiger partial charge < -0.3 is 9.73 Å². The molecule has 0 radical (unpaired) electrons. The van der Waals surface area contributed by atoms with Crippen LogP contribution in [0.3, 0.4) is 0 Å². The molecule has 0 unspecified atom stereocenters. The number of anilines is 1. The predicted molar refractivity (Wildman–Crippen MR) is 66.9 cm³/mol. The van der Waals surface area contributed by atoms with Crippen LogP contribution in [0.15, 0.2) is 33.6 Å². The summed E-state index contributed by atoms with van der Waals surface area (Å²) in [5.74, 6) is -0.0214. The first-order valence-corrected chi connectivity index (χ1v) is 6.07. The van der Waals surface area contributed by atoms with Gasteiger partial charge in [0.15, 0.2) is 10.4 Å². The molecule has 2 rings (SSSR count). The van der Waals surface area contributed by atoms with Crippen molar-refractivity contribution in [3.8, 4) is 0 Å². The molecule has 0 saturated carbocycles. The molecule has 0 fully saturated rings. The Balaban J connectivity index is 2.02. The van der Waals surface area contributed by atoms with Crippen molar-refractivity contribution < 1.29 is 9.21 Å². The van der Waals surface area contributed by atoms with E-state index in [0.717, 1.165) is 13.0 Å². The summed E-state index contributed by atoms with van der Waals surface area (Å²) in [7, 11) is 0. The highest BCUT2D eigenvalue weighted by Crippen LogP contribution is 2.15. The topological polar surface area (TPSA) is 60.1 Å². The summed E-state index contributed by atoms with van der Waals surface area (Å²) in [6.45, 7) is 2.91. The average Bonchev–Trinajstić information content (AvgIpc) is 2.88. The van der Waals surface area contributed by atoms with E-state index in [0.29, 0.717) is 10.4 Å². The molecule has 17 heavy (non-hydrogen) atoms. The number of carbonyl (C=O) groups is 1. The van der Waals surface area contributed by atoms with Gasteiger partial charge in [0.2, 0.25) is 0 Å². The van der Waals surface area contributed by atoms with Crippen molar-refractivity contribution in [1.82, 2.24) is 9.78 Å². The summed E-state index contributed by atoms with van der Waals surface area (Å²) in [5, 5.41) is 6.83. The van der Waals surface area contributed by atoms with Crippen LogP contribution in [0, 0.1) is 0 Å². The lowest BCUT2D eigenvalue weighted by Crippen LogP contribution is -2.10. The van der Waals surface area contributed by atoms with Gasteiger partial charge in [0, 0.05) is 12.7 Å². The lowest BCUT2D eigenvalue weighted by molar-refractivity contribution is 0.0995. The molecule has 1 amide bonds. The van der Waals surface area contributed by atoms with E-state index in [2.05, 4.69) is 33.3 Å². The van der Waals surface area contributed by atoms with Crippen molar-refractivity contribution in [3.05, 3.63) is 35.0 Å². The smallest absolute Gasteiger partial charge is 0.291 e. The van der Waals surface area contributed by atoms with Crippen LogP contribution in [0.5, 0.6) is 0 Å². The lowest BCUT2D eigenvalue weighted by atomic mass is 10.4. The zero-order valence-corrected chi connectivity index (χ0v) is 10.9. The van der Waals surface area contributed by atoms with Gasteiger partial charge in [-0.25, -0.2) is 0 Å². The van der Waals surface area contributed by atoms with Crippen LogP contribution in [-0.2, 0) is 6.54 Å². The normalized spacial score (nSPS) is 10.5. The highest BCUT2D eigenvalue weighted by molar-refractivity contribution is 9.10. The minimum atomic E-state index is -0.285. The Morgan fingerprint density at radius 2 is 2.41 bits per heavy atom. The average molecular weight is 298 g/mol. The maximum absolute atomic E-state index is 11.7. The summed E-state index contributed by atoms with van der Waals surface area (Å²) in [5.41, 5.74) is 0.663. The Morgan fingerprint density at radius 3 is 3.06 bits per heavy atom. The van der Waals surface area contributed by atoms with Crippen molar-refractivity contribution in [1.29, 1.82) is 0 Å². The standard InChI is InChI=1S/C11H12BrN3O2/c1-2-5-15-7-8(6-13-15)14-11(16)9-3-4-10(12)17-9/h3-4,6-7H,2,5H2,1H3,(H,14,16). The number of aryl methyl sites for hydroxylation is 1. The van der Waals surface area contributed by atoms with E-state index < -0.39 is 0 Å². The summed E-state index contributed by atoms with van der Waals surface area (Å²) in [4.78, 5) is 11.7. The van der Waals surface area contributed by atoms with Gasteiger partial charge in [0.1, 0.15) is 0 Å². The van der Waals surface area contributed by atoms with Crippen LogP contribution in [0.4, 0.5) is 5.69 Å². The van der Waals surface area contributed by atoms with Crippen LogP contribution in [-0.4, -0.2) is 15.7 Å². The van der Waals surface area contributed by atoms with Gasteiger partial charge in [0.05, 0.1) is 11.9 Å². The number of hydrogen-bond donors (Lipinski definition) is 1. The number of furan rings is 1. The van der Waals surface area contributed by atoms with E-state index in [1.54, 1.807) is 29.2 Å². The minimum absolute atomic E-state index is 0.264. The maximum Gasteiger partial charge on any atom is 0.291 e. The predicted octanol–water partition coefficient (Wildman–Crippen LogP) is 2.90. The first-order valence-electron chi connectivity index (χ1n) is 5.28. The number of carbonyl (C=O) groups excluding carboxylic acids is 1. The third kappa shape index (κ3) is 2.97. The van der Waals surface area contributed by atoms with E-state index in [1.807, 2.05) is 0 Å². The molecule has 90 valence electrons. The summed E-state index contributed by atoms with van der Waals surface area (Å²) in [6, 6.07) is 3.28. The Kier molecular flexibility index (Phi) is 3.63. The molecule has 0 aliphatic carbocycles. The summed E-state index contributed by atoms with van der Waals surface area (Å²) in [6.07, 6.45) is 4.41. The molecule has 0 atom stereocenters. The highest BCUT2D eigenvalue weighted by atomic mass is 79.9. The molecular weight excluding hydrogens is 286 g/mol. The van der Waals surface area contributed by atoms with Crippen LogP contribution in [0.25, 0.3) is 0 Å². The van der Waals surface area contributed by atoms with Gasteiger partial charge >= 0.3 is 0 Å². The second kappa shape index (κ2) is 5.18. The first-order chi connectivity index (χ1) is 8.19. The molecule has 0 bridgehead atoms. The summed E-state index contributed by atoms with van der Waals surface area (Å²) < 4.78 is 7.47. The van der Waals surface area contributed by atoms with Crippen molar-refractivity contribution in [3.63, 3.8) is 0 Å². The van der Waals surface area contributed by atoms with E-state index in [1.165, 1.54) is 0 Å². The second-order valence-corrected chi connectivity index (χ2v) is 4.33. The molecule has 5 nitrogen and oxygen atoms in total. The molecule has 0 saturated heterocycles. The maximum atomic E-state index is 11.7. The number of aromatic nitrogens is 2. The van der Waals surface area contributed by atoms with Gasteiger partial charge in [0.25, 0.3) is 5.91 Å². The molecule has 2 aromatic heterocycles. The molecule has 0 aliphatic heterocycles. The number of nitrogens with zero attached hydrogens (tertiary/aromatic N) is 2. The zero-order valence-electron chi connectivity index (χ0n) is 9.31. The molecule has 2 aromatic rings. The minimum Gasteiger partial charge on any atom is -0.444 e. The monoisotopic (exact) mass is 297 g/mol. The van der Waals surface area contributed by atoms with Gasteiger partial charge in [-0.15, -0.1) is 0 Å². The van der Waals surface area contributed by atoms with Crippen molar-refractivity contribution in [2.75, 3.05) is 5.32 Å².